The number of carbonyl (C=O) groups excluding carboxylic acids is 1. The van der Waals surface area contributed by atoms with E-state index in [0.29, 0.717) is 24.8 Å². The van der Waals surface area contributed by atoms with Crippen molar-refractivity contribution in [1.82, 2.24) is 15.0 Å². The van der Waals surface area contributed by atoms with Crippen LogP contribution in [-0.4, -0.2) is 41.3 Å². The molecule has 0 radical (unpaired) electrons. The Kier molecular flexibility index (Phi) is 5.46. The van der Waals surface area contributed by atoms with Crippen LogP contribution in [-0.2, 0) is 0 Å². The first-order valence-electron chi connectivity index (χ1n) is 9.73. The molecule has 3 aromatic rings. The molecule has 29 heavy (non-hydrogen) atoms. The zero-order chi connectivity index (χ0) is 20.2. The third-order valence-electron chi connectivity index (χ3n) is 5.12. The van der Waals surface area contributed by atoms with E-state index in [4.69, 9.17) is 9.26 Å². The first kappa shape index (κ1) is 19.0. The van der Waals surface area contributed by atoms with Crippen LogP contribution in [0, 0.1) is 6.92 Å². The minimum Gasteiger partial charge on any atom is -0.497 e. The Balaban J connectivity index is 1.43. The Morgan fingerprint density at radius 1 is 1.24 bits per heavy atom. The van der Waals surface area contributed by atoms with Crippen molar-refractivity contribution in [3.05, 3.63) is 60.0 Å². The first-order chi connectivity index (χ1) is 14.1. The van der Waals surface area contributed by atoms with Gasteiger partial charge in [-0.05, 0) is 61.7 Å². The number of piperidine rings is 1. The maximum atomic E-state index is 12.7. The van der Waals surface area contributed by atoms with Gasteiger partial charge in [-0.3, -0.25) is 0 Å². The summed E-state index contributed by atoms with van der Waals surface area (Å²) in [4.78, 5) is 19.1. The molecule has 0 aliphatic carbocycles. The van der Waals surface area contributed by atoms with E-state index < -0.39 is 0 Å². The largest absolute Gasteiger partial charge is 0.497 e. The summed E-state index contributed by atoms with van der Waals surface area (Å²) in [6.07, 6.45) is 1.81. The lowest BCUT2D eigenvalue weighted by molar-refractivity contribution is 0.184. The molecule has 4 rings (SSSR count). The molecule has 1 aliphatic heterocycles. The van der Waals surface area contributed by atoms with E-state index >= 15 is 0 Å². The normalized spacial score (nSPS) is 16.5. The van der Waals surface area contributed by atoms with Crippen molar-refractivity contribution in [2.45, 2.75) is 25.7 Å². The second-order valence-electron chi connectivity index (χ2n) is 7.27. The average molecular weight is 392 g/mol. The molecule has 1 saturated heterocycles. The number of likely N-dealkylation sites (tertiary alicyclic amines) is 1. The SMILES string of the molecule is COc1ccc(-c2noc([C@H]3CCCN(C(=O)Nc4cccc(C)c4)C3)n2)cc1. The number of hydrogen-bond acceptors (Lipinski definition) is 5. The van der Waals surface area contributed by atoms with E-state index in [-0.39, 0.29) is 11.9 Å². The molecule has 7 nitrogen and oxygen atoms in total. The van der Waals surface area contributed by atoms with Crippen molar-refractivity contribution >= 4 is 11.7 Å². The van der Waals surface area contributed by atoms with Crippen LogP contribution in [0.4, 0.5) is 10.5 Å². The Hall–Kier alpha value is -3.35. The number of aryl methyl sites for hydroxylation is 1. The van der Waals surface area contributed by atoms with E-state index in [1.165, 1.54) is 0 Å². The summed E-state index contributed by atoms with van der Waals surface area (Å²) in [5.74, 6) is 1.93. The van der Waals surface area contributed by atoms with Gasteiger partial charge in [0.25, 0.3) is 0 Å². The van der Waals surface area contributed by atoms with Gasteiger partial charge in [-0.2, -0.15) is 4.98 Å². The van der Waals surface area contributed by atoms with Gasteiger partial charge in [0.2, 0.25) is 11.7 Å². The fraction of sp³-hybridized carbons (Fsp3) is 0.318. The van der Waals surface area contributed by atoms with Crippen molar-refractivity contribution in [2.24, 2.45) is 0 Å². The van der Waals surface area contributed by atoms with Crippen LogP contribution in [0.3, 0.4) is 0 Å². The van der Waals surface area contributed by atoms with E-state index in [9.17, 15) is 4.79 Å². The minimum atomic E-state index is -0.102. The van der Waals surface area contributed by atoms with Gasteiger partial charge in [0.1, 0.15) is 5.75 Å². The molecule has 0 unspecified atom stereocenters. The zero-order valence-electron chi connectivity index (χ0n) is 16.6. The average Bonchev–Trinajstić information content (AvgIpc) is 3.24. The van der Waals surface area contributed by atoms with Crippen LogP contribution in [0.2, 0.25) is 0 Å². The second kappa shape index (κ2) is 8.34. The number of urea groups is 1. The number of nitrogens with zero attached hydrogens (tertiary/aromatic N) is 3. The molecule has 0 spiro atoms. The predicted molar refractivity (Wildman–Crippen MR) is 110 cm³/mol. The van der Waals surface area contributed by atoms with Gasteiger partial charge in [-0.1, -0.05) is 17.3 Å². The number of hydrogen-bond donors (Lipinski definition) is 1. The van der Waals surface area contributed by atoms with Crippen LogP contribution in [0.5, 0.6) is 5.75 Å². The van der Waals surface area contributed by atoms with Gasteiger partial charge >= 0.3 is 6.03 Å². The molecule has 7 heteroatoms. The highest BCUT2D eigenvalue weighted by atomic mass is 16.5. The van der Waals surface area contributed by atoms with Crippen molar-refractivity contribution in [1.29, 1.82) is 0 Å². The van der Waals surface area contributed by atoms with Crippen molar-refractivity contribution in [3.8, 4) is 17.1 Å². The number of amides is 2. The van der Waals surface area contributed by atoms with Gasteiger partial charge in [0.15, 0.2) is 0 Å². The summed E-state index contributed by atoms with van der Waals surface area (Å²) in [5, 5.41) is 7.09. The summed E-state index contributed by atoms with van der Waals surface area (Å²) in [6, 6.07) is 15.2. The summed E-state index contributed by atoms with van der Waals surface area (Å²) in [5.41, 5.74) is 2.78. The van der Waals surface area contributed by atoms with E-state index in [2.05, 4.69) is 15.5 Å². The number of carbonyl (C=O) groups is 1. The van der Waals surface area contributed by atoms with Crippen molar-refractivity contribution in [2.75, 3.05) is 25.5 Å². The predicted octanol–water partition coefficient (Wildman–Crippen LogP) is 4.47. The maximum absolute atomic E-state index is 12.7. The monoisotopic (exact) mass is 392 g/mol. The topological polar surface area (TPSA) is 80.5 Å². The molecule has 1 atom stereocenters. The number of methoxy groups -OCH3 is 1. The highest BCUT2D eigenvalue weighted by molar-refractivity contribution is 5.89. The number of rotatable bonds is 4. The highest BCUT2D eigenvalue weighted by Crippen LogP contribution is 2.28. The first-order valence-corrected chi connectivity index (χ1v) is 9.73. The molecule has 2 heterocycles. The molecule has 1 aliphatic rings. The Morgan fingerprint density at radius 2 is 2.07 bits per heavy atom. The fourth-order valence-corrected chi connectivity index (χ4v) is 3.55. The van der Waals surface area contributed by atoms with Gasteiger partial charge < -0.3 is 19.5 Å². The smallest absolute Gasteiger partial charge is 0.321 e. The molecule has 1 aromatic heterocycles. The van der Waals surface area contributed by atoms with Crippen LogP contribution < -0.4 is 10.1 Å². The quantitative estimate of drug-likeness (QED) is 0.709. The molecular weight excluding hydrogens is 368 g/mol. The third-order valence-corrected chi connectivity index (χ3v) is 5.12. The summed E-state index contributed by atoms with van der Waals surface area (Å²) in [7, 11) is 1.63. The van der Waals surface area contributed by atoms with Crippen LogP contribution in [0.25, 0.3) is 11.4 Å². The lowest BCUT2D eigenvalue weighted by atomic mass is 9.98. The lowest BCUT2D eigenvalue weighted by Crippen LogP contribution is -2.41. The number of anilines is 1. The molecule has 1 fully saturated rings. The Bertz CT molecular complexity index is 984. The molecular formula is C22H24N4O3. The second-order valence-corrected chi connectivity index (χ2v) is 7.27. The van der Waals surface area contributed by atoms with E-state index in [1.807, 2.05) is 60.4 Å². The van der Waals surface area contributed by atoms with E-state index in [0.717, 1.165) is 35.4 Å². The summed E-state index contributed by atoms with van der Waals surface area (Å²) < 4.78 is 10.7. The highest BCUT2D eigenvalue weighted by Gasteiger charge is 2.28. The third kappa shape index (κ3) is 4.39. The van der Waals surface area contributed by atoms with E-state index in [1.54, 1.807) is 7.11 Å². The maximum Gasteiger partial charge on any atom is 0.321 e. The van der Waals surface area contributed by atoms with Gasteiger partial charge in [0.05, 0.1) is 13.0 Å². The van der Waals surface area contributed by atoms with Gasteiger partial charge in [-0.15, -0.1) is 0 Å². The summed E-state index contributed by atoms with van der Waals surface area (Å²) in [6.45, 7) is 3.28. The fourth-order valence-electron chi connectivity index (χ4n) is 3.55. The van der Waals surface area contributed by atoms with Crippen LogP contribution in [0.15, 0.2) is 53.1 Å². The standard InChI is InChI=1S/C22H24N4O3/c1-15-5-3-7-18(13-15)23-22(27)26-12-4-6-17(14-26)21-24-20(25-29-21)16-8-10-19(28-2)11-9-16/h3,5,7-11,13,17H,4,6,12,14H2,1-2H3,(H,23,27)/t17-/m0/s1. The summed E-state index contributed by atoms with van der Waals surface area (Å²) >= 11 is 0. The van der Waals surface area contributed by atoms with Crippen molar-refractivity contribution in [3.63, 3.8) is 0 Å². The number of aromatic nitrogens is 2. The number of benzene rings is 2. The van der Waals surface area contributed by atoms with Crippen molar-refractivity contribution < 1.29 is 14.1 Å². The number of nitrogens with one attached hydrogen (secondary N) is 1. The molecule has 2 amide bonds. The Labute approximate surface area is 169 Å². The Morgan fingerprint density at radius 3 is 2.83 bits per heavy atom. The molecule has 1 N–H and O–H groups in total. The van der Waals surface area contributed by atoms with Gasteiger partial charge in [-0.25, -0.2) is 4.79 Å². The molecule has 150 valence electrons. The van der Waals surface area contributed by atoms with Gasteiger partial charge in [0, 0.05) is 24.3 Å². The molecule has 0 saturated carbocycles. The molecule has 0 bridgehead atoms. The molecule has 2 aromatic carbocycles. The zero-order valence-corrected chi connectivity index (χ0v) is 16.6. The van der Waals surface area contributed by atoms with Crippen LogP contribution >= 0.6 is 0 Å². The number of ether oxygens (including phenoxy) is 1. The minimum absolute atomic E-state index is 0.0338. The lowest BCUT2D eigenvalue weighted by Gasteiger charge is -2.31. The van der Waals surface area contributed by atoms with Crippen LogP contribution in [0.1, 0.15) is 30.2 Å².